The van der Waals surface area contributed by atoms with Gasteiger partial charge in [0, 0.05) is 16.1 Å². The van der Waals surface area contributed by atoms with Crippen LogP contribution in [0.3, 0.4) is 0 Å². The Labute approximate surface area is 179 Å². The van der Waals surface area contributed by atoms with Gasteiger partial charge in [-0.05, 0) is 29.2 Å². The molecule has 5 atom stereocenters. The highest BCUT2D eigenvalue weighted by Crippen LogP contribution is 2.38. The van der Waals surface area contributed by atoms with Gasteiger partial charge in [-0.15, -0.1) is 0 Å². The summed E-state index contributed by atoms with van der Waals surface area (Å²) < 4.78 is 5.56. The predicted octanol–water partition coefficient (Wildman–Crippen LogP) is 1.16. The van der Waals surface area contributed by atoms with E-state index in [2.05, 4.69) is 0 Å². The van der Waals surface area contributed by atoms with Crippen molar-refractivity contribution in [3.05, 3.63) is 69.7 Å². The van der Waals surface area contributed by atoms with E-state index < -0.39 is 42.9 Å². The van der Waals surface area contributed by atoms with Gasteiger partial charge in [0.05, 0.1) is 6.61 Å². The molecule has 1 heterocycles. The zero-order valence-electron chi connectivity index (χ0n) is 16.7. The lowest BCUT2D eigenvalue weighted by atomic mass is 9.88. The van der Waals surface area contributed by atoms with E-state index in [4.69, 9.17) is 16.3 Å². The van der Waals surface area contributed by atoms with Gasteiger partial charge in [0.25, 0.3) is 0 Å². The van der Waals surface area contributed by atoms with E-state index in [0.717, 1.165) is 5.56 Å². The average molecular weight is 439 g/mol. The monoisotopic (exact) mass is 438 g/mol. The minimum absolute atomic E-state index is 0.0316. The smallest absolute Gasteiger partial charge is 0.218 e. The minimum atomic E-state index is -2.42. The maximum Gasteiger partial charge on any atom is 0.218 e. The predicted molar refractivity (Wildman–Crippen MR) is 110 cm³/mol. The van der Waals surface area contributed by atoms with E-state index in [-0.39, 0.29) is 22.1 Å². The van der Waals surface area contributed by atoms with Gasteiger partial charge in [-0.1, -0.05) is 55.8 Å². The van der Waals surface area contributed by atoms with Gasteiger partial charge in [0.2, 0.25) is 5.79 Å². The Morgan fingerprint density at radius 2 is 1.60 bits per heavy atom. The molecule has 1 aliphatic heterocycles. The van der Waals surface area contributed by atoms with E-state index in [9.17, 15) is 30.6 Å². The SMILES string of the molecule is CC(C)c1ccc(C(O)(O)c2cc(C3OC(CO)C(O)C(O)C3O)ccc2Cl)cc1. The van der Waals surface area contributed by atoms with Crippen LogP contribution in [0.2, 0.25) is 5.02 Å². The molecule has 1 fully saturated rings. The standard InChI is InChI=1S/C22H27ClO7/c1-11(2)12-3-6-14(7-4-12)22(28,29)15-9-13(5-8-16(15)23)21-20(27)19(26)18(25)17(10-24)30-21/h3-9,11,17-21,24-29H,10H2,1-2H3. The van der Waals surface area contributed by atoms with Crippen molar-refractivity contribution in [3.63, 3.8) is 0 Å². The summed E-state index contributed by atoms with van der Waals surface area (Å²) in [6.45, 7) is 3.50. The summed E-state index contributed by atoms with van der Waals surface area (Å²) in [6, 6.07) is 11.1. The lowest BCUT2D eigenvalue weighted by molar-refractivity contribution is -0.231. The molecule has 30 heavy (non-hydrogen) atoms. The second-order valence-corrected chi connectivity index (χ2v) is 8.34. The number of hydrogen-bond acceptors (Lipinski definition) is 7. The van der Waals surface area contributed by atoms with Crippen molar-refractivity contribution >= 4 is 11.6 Å². The fourth-order valence-corrected chi connectivity index (χ4v) is 3.87. The van der Waals surface area contributed by atoms with Crippen LogP contribution in [0.5, 0.6) is 0 Å². The van der Waals surface area contributed by atoms with Crippen LogP contribution in [0, 0.1) is 0 Å². The topological polar surface area (TPSA) is 131 Å². The fraction of sp³-hybridized carbons (Fsp3) is 0.455. The third-order valence-electron chi connectivity index (χ3n) is 5.57. The summed E-state index contributed by atoms with van der Waals surface area (Å²) in [4.78, 5) is 0. The van der Waals surface area contributed by atoms with E-state index in [0.29, 0.717) is 5.56 Å². The number of benzene rings is 2. The van der Waals surface area contributed by atoms with Gasteiger partial charge in [0.1, 0.15) is 30.5 Å². The first-order chi connectivity index (χ1) is 14.1. The Kier molecular flexibility index (Phi) is 6.86. The highest BCUT2D eigenvalue weighted by atomic mass is 35.5. The van der Waals surface area contributed by atoms with Crippen molar-refractivity contribution < 1.29 is 35.4 Å². The van der Waals surface area contributed by atoms with Crippen molar-refractivity contribution in [1.29, 1.82) is 0 Å². The second-order valence-electron chi connectivity index (χ2n) is 7.94. The van der Waals surface area contributed by atoms with E-state index >= 15 is 0 Å². The number of aliphatic hydroxyl groups excluding tert-OH is 4. The normalized spacial score (nSPS) is 27.5. The Balaban J connectivity index is 1.98. The lowest BCUT2D eigenvalue weighted by Gasteiger charge is -2.40. The molecule has 0 aromatic heterocycles. The molecule has 0 saturated carbocycles. The molecule has 1 aliphatic rings. The van der Waals surface area contributed by atoms with E-state index in [1.54, 1.807) is 24.3 Å². The van der Waals surface area contributed by atoms with Gasteiger partial charge in [-0.25, -0.2) is 0 Å². The molecule has 0 spiro atoms. The fourth-order valence-electron chi connectivity index (χ4n) is 3.62. The minimum Gasteiger partial charge on any atom is -0.394 e. The molecular formula is C22H27ClO7. The highest BCUT2D eigenvalue weighted by Gasteiger charge is 2.44. The Bertz CT molecular complexity index is 866. The van der Waals surface area contributed by atoms with Crippen molar-refractivity contribution in [2.75, 3.05) is 6.61 Å². The molecule has 3 rings (SSSR count). The van der Waals surface area contributed by atoms with Gasteiger partial charge in [0.15, 0.2) is 0 Å². The first-order valence-electron chi connectivity index (χ1n) is 9.73. The molecule has 0 radical (unpaired) electrons. The van der Waals surface area contributed by atoms with Crippen LogP contribution in [0.15, 0.2) is 42.5 Å². The quantitative estimate of drug-likeness (QED) is 0.386. The Morgan fingerprint density at radius 1 is 0.967 bits per heavy atom. The van der Waals surface area contributed by atoms with Crippen LogP contribution < -0.4 is 0 Å². The zero-order chi connectivity index (χ0) is 22.2. The maximum atomic E-state index is 10.9. The number of halogens is 1. The van der Waals surface area contributed by atoms with Gasteiger partial charge in [-0.3, -0.25) is 0 Å². The molecule has 164 valence electrons. The van der Waals surface area contributed by atoms with Crippen LogP contribution in [-0.2, 0) is 10.5 Å². The molecule has 0 amide bonds. The highest BCUT2D eigenvalue weighted by molar-refractivity contribution is 6.31. The molecule has 5 unspecified atom stereocenters. The van der Waals surface area contributed by atoms with Gasteiger partial charge >= 0.3 is 0 Å². The van der Waals surface area contributed by atoms with Crippen molar-refractivity contribution in [3.8, 4) is 0 Å². The molecule has 7 nitrogen and oxygen atoms in total. The zero-order valence-corrected chi connectivity index (χ0v) is 17.4. The number of ether oxygens (including phenoxy) is 1. The van der Waals surface area contributed by atoms with Crippen molar-refractivity contribution in [2.24, 2.45) is 0 Å². The number of aliphatic hydroxyl groups is 6. The van der Waals surface area contributed by atoms with E-state index in [1.165, 1.54) is 18.2 Å². The molecule has 2 aromatic rings. The van der Waals surface area contributed by atoms with Crippen LogP contribution in [0.1, 0.15) is 48.1 Å². The van der Waals surface area contributed by atoms with Crippen molar-refractivity contribution in [1.82, 2.24) is 0 Å². The third kappa shape index (κ3) is 4.26. The number of rotatable bonds is 5. The lowest BCUT2D eigenvalue weighted by Crippen LogP contribution is -2.55. The summed E-state index contributed by atoms with van der Waals surface area (Å²) in [5.41, 5.74) is 1.52. The summed E-state index contributed by atoms with van der Waals surface area (Å²) in [5, 5.41) is 61.6. The van der Waals surface area contributed by atoms with Crippen molar-refractivity contribution in [2.45, 2.75) is 56.1 Å². The largest absolute Gasteiger partial charge is 0.394 e. The molecule has 0 aliphatic carbocycles. The van der Waals surface area contributed by atoms with Crippen LogP contribution in [0.25, 0.3) is 0 Å². The summed E-state index contributed by atoms with van der Waals surface area (Å²) >= 11 is 6.24. The summed E-state index contributed by atoms with van der Waals surface area (Å²) in [7, 11) is 0. The first-order valence-corrected chi connectivity index (χ1v) is 10.1. The van der Waals surface area contributed by atoms with Crippen LogP contribution in [0.4, 0.5) is 0 Å². The molecule has 8 heteroatoms. The molecule has 0 bridgehead atoms. The third-order valence-corrected chi connectivity index (χ3v) is 5.90. The van der Waals surface area contributed by atoms with Crippen LogP contribution in [-0.4, -0.2) is 61.7 Å². The maximum absolute atomic E-state index is 10.9. The second kappa shape index (κ2) is 8.90. The first kappa shape index (κ1) is 23.1. The van der Waals surface area contributed by atoms with Gasteiger partial charge in [-0.2, -0.15) is 0 Å². The molecular weight excluding hydrogens is 412 g/mol. The summed E-state index contributed by atoms with van der Waals surface area (Å²) in [5.74, 6) is -2.14. The molecule has 1 saturated heterocycles. The molecule has 2 aromatic carbocycles. The average Bonchev–Trinajstić information content (AvgIpc) is 2.73. The Hall–Kier alpha value is -1.55. The van der Waals surface area contributed by atoms with E-state index in [1.807, 2.05) is 13.8 Å². The summed E-state index contributed by atoms with van der Waals surface area (Å²) in [6.07, 6.45) is -6.72. The molecule has 6 N–H and O–H groups in total. The van der Waals surface area contributed by atoms with Gasteiger partial charge < -0.3 is 35.4 Å². The Morgan fingerprint density at radius 3 is 2.17 bits per heavy atom. The number of hydrogen-bond donors (Lipinski definition) is 6. The van der Waals surface area contributed by atoms with Crippen LogP contribution >= 0.6 is 11.6 Å².